The number of anilines is 3. The normalized spacial score (nSPS) is 13.1. The maximum absolute atomic E-state index is 12.2. The fourth-order valence-corrected chi connectivity index (χ4v) is 6.92. The summed E-state index contributed by atoms with van der Waals surface area (Å²) >= 11 is -2.20. The number of rotatable bonds is 6. The van der Waals surface area contributed by atoms with Crippen LogP contribution < -0.4 is 19.9 Å². The number of nitrogens with one attached hydrogen (secondary N) is 1. The molecular weight excluding hydrogens is 699 g/mol. The molecule has 1 aliphatic rings. The summed E-state index contributed by atoms with van der Waals surface area (Å²) in [7, 11) is 11.6. The van der Waals surface area contributed by atoms with E-state index in [1.54, 1.807) is 19.2 Å². The second-order valence-electron chi connectivity index (χ2n) is 10.9. The smallest absolute Gasteiger partial charge is 0.0184 e. The summed E-state index contributed by atoms with van der Waals surface area (Å²) < 4.78 is 43.7. The fraction of sp³-hybridized carbons (Fsp3) is 0.303. The molecule has 3 aromatic rings. The van der Waals surface area contributed by atoms with Gasteiger partial charge in [-0.15, -0.1) is 6.67 Å². The molecule has 0 aromatic heterocycles. The zero-order valence-electron chi connectivity index (χ0n) is 25.9. The van der Waals surface area contributed by atoms with Crippen molar-refractivity contribution in [3.05, 3.63) is 100 Å². The van der Waals surface area contributed by atoms with Crippen LogP contribution in [-0.2, 0) is 18.3 Å². The fourth-order valence-electron chi connectivity index (χ4n) is 5.13. The number of aryl methyl sites for hydroxylation is 6. The van der Waals surface area contributed by atoms with E-state index in [0.717, 1.165) is 0 Å². The van der Waals surface area contributed by atoms with Gasteiger partial charge in [0.05, 0.1) is 0 Å². The molecule has 5 nitrogen and oxygen atoms in total. The van der Waals surface area contributed by atoms with E-state index in [1.165, 1.54) is 67.6 Å². The van der Waals surface area contributed by atoms with Gasteiger partial charge in [-0.1, -0.05) is 35.4 Å². The van der Waals surface area contributed by atoms with Crippen LogP contribution in [0.3, 0.4) is 0 Å². The number of ether oxygens (including phenoxy) is 1. The average molecular weight is 737 g/mol. The van der Waals surface area contributed by atoms with Gasteiger partial charge in [0.1, 0.15) is 0 Å². The Morgan fingerprint density at radius 2 is 1.32 bits per heavy atom. The summed E-state index contributed by atoms with van der Waals surface area (Å²) in [6.45, 7) is 18.8. The second-order valence-corrected chi connectivity index (χ2v) is 16.6. The molecule has 0 spiro atoms. The molecule has 1 N–H and O–H groups in total. The number of carbonyl (C=O) groups excluding carboxylic acids is 1. The van der Waals surface area contributed by atoms with Crippen LogP contribution in [0.15, 0.2) is 54.9 Å². The van der Waals surface area contributed by atoms with Crippen LogP contribution in [-0.4, -0.2) is 22.8 Å². The summed E-state index contributed by atoms with van der Waals surface area (Å²) in [4.78, 5) is 15.4. The number of carbonyl (C=O) groups is 1. The standard InChI is InChI=1S/C21H25N2.C12H12F3NO2.2ClH.Ru/c1-14-9-16(3)20(17(4)10-14)22-7-8-23(13-22)21-18(5)11-15(2)12-19(21)6;1-7(2)18-10-5-4-9(6-8(10)3)16-11(17)12(13,14)15;;;/h7-13H,1-6H3;3-7H,1-2H3,(H,16,17);2*1H;/q-1;;;;+2/p-2. The summed E-state index contributed by atoms with van der Waals surface area (Å²) in [5.41, 5.74) is 10.8. The van der Waals surface area contributed by atoms with Gasteiger partial charge in [-0.3, -0.25) is 0 Å². The molecule has 1 aliphatic heterocycles. The van der Waals surface area contributed by atoms with Gasteiger partial charge in [0.2, 0.25) is 0 Å². The monoisotopic (exact) mass is 736 g/mol. The van der Waals surface area contributed by atoms with Gasteiger partial charge in [-0.2, -0.15) is 0 Å². The maximum atomic E-state index is 12.2. The van der Waals surface area contributed by atoms with Crippen molar-refractivity contribution < 1.29 is 36.2 Å². The Morgan fingerprint density at radius 3 is 1.70 bits per heavy atom. The van der Waals surface area contributed by atoms with E-state index in [4.69, 9.17) is 24.1 Å². The largest absolute Gasteiger partial charge is 0.479 e. The van der Waals surface area contributed by atoms with Gasteiger partial charge in [0.25, 0.3) is 0 Å². The second kappa shape index (κ2) is 14.9. The van der Waals surface area contributed by atoms with Crippen molar-refractivity contribution in [2.24, 2.45) is 0 Å². The molecule has 0 saturated heterocycles. The summed E-state index contributed by atoms with van der Waals surface area (Å²) in [5, 5.41) is 1.77. The van der Waals surface area contributed by atoms with E-state index in [1.807, 2.05) is 0 Å². The van der Waals surface area contributed by atoms with Crippen LogP contribution in [0.1, 0.15) is 52.8 Å². The van der Waals surface area contributed by atoms with Gasteiger partial charge >= 0.3 is 133 Å². The van der Waals surface area contributed by atoms with E-state index in [-0.39, 0.29) is 11.8 Å². The molecule has 3 aromatic carbocycles. The molecule has 44 heavy (non-hydrogen) atoms. The number of halogens is 5. The number of alkyl halides is 3. The summed E-state index contributed by atoms with van der Waals surface area (Å²) in [6.07, 6.45) is -0.792. The Labute approximate surface area is 271 Å². The van der Waals surface area contributed by atoms with Crippen molar-refractivity contribution in [1.82, 2.24) is 0 Å². The molecule has 240 valence electrons. The van der Waals surface area contributed by atoms with Crippen LogP contribution in [0.5, 0.6) is 5.75 Å². The van der Waals surface area contributed by atoms with Crippen LogP contribution in [0.25, 0.3) is 0 Å². The molecule has 0 unspecified atom stereocenters. The molecule has 0 bridgehead atoms. The zero-order chi connectivity index (χ0) is 32.9. The molecule has 1 amide bonds. The van der Waals surface area contributed by atoms with Gasteiger partial charge in [-0.05, 0) is 76.2 Å². The van der Waals surface area contributed by atoms with E-state index < -0.39 is 25.6 Å². The first-order valence-electron chi connectivity index (χ1n) is 13.7. The van der Waals surface area contributed by atoms with E-state index in [2.05, 4.69) is 94.7 Å². The minimum Gasteiger partial charge on any atom is -0.479 e. The summed E-state index contributed by atoms with van der Waals surface area (Å²) in [5.74, 6) is -1.60. The average Bonchev–Trinajstić information content (AvgIpc) is 3.32. The SMILES string of the molecule is CC(C)Oc1ccc(NC(=O)C(F)(F)F)cc1[CH]=[Ru]([Cl])[Cl].Cc1cc(C)c(N2C=CN(c3c(C)cc(C)cc3C)[CH-]2)c(C)c1. The predicted octanol–water partition coefficient (Wildman–Crippen LogP) is 9.50. The number of amides is 1. The first kappa shape index (κ1) is 35.6. The number of hydrogen-bond acceptors (Lipinski definition) is 4. The number of hydrogen-bond donors (Lipinski definition) is 1. The Bertz CT molecular complexity index is 1470. The Hall–Kier alpha value is -2.87. The van der Waals surface area contributed by atoms with Gasteiger partial charge in [0, 0.05) is 11.4 Å². The zero-order valence-corrected chi connectivity index (χ0v) is 29.1. The molecule has 4 rings (SSSR count). The molecule has 0 saturated carbocycles. The number of nitrogens with zero attached hydrogens (tertiary/aromatic N) is 2. The third-order valence-electron chi connectivity index (χ3n) is 6.50. The van der Waals surface area contributed by atoms with Crippen molar-refractivity contribution in [2.75, 3.05) is 15.1 Å². The van der Waals surface area contributed by atoms with E-state index in [0.29, 0.717) is 11.3 Å². The van der Waals surface area contributed by atoms with Crippen LogP contribution >= 0.6 is 19.4 Å². The Balaban J connectivity index is 0.000000242. The van der Waals surface area contributed by atoms with Gasteiger partial charge in [-0.25, -0.2) is 0 Å². The molecule has 0 fully saturated rings. The molecule has 0 aliphatic carbocycles. The summed E-state index contributed by atoms with van der Waals surface area (Å²) in [6, 6.07) is 13.1. The Morgan fingerprint density at radius 1 is 0.864 bits per heavy atom. The van der Waals surface area contributed by atoms with Gasteiger partial charge in [0.15, 0.2) is 0 Å². The third-order valence-corrected chi connectivity index (χ3v) is 8.33. The van der Waals surface area contributed by atoms with Crippen molar-refractivity contribution in [1.29, 1.82) is 0 Å². The quantitative estimate of drug-likeness (QED) is 0.202. The predicted molar refractivity (Wildman–Crippen MR) is 173 cm³/mol. The van der Waals surface area contributed by atoms with Crippen LogP contribution in [0.4, 0.5) is 30.2 Å². The van der Waals surface area contributed by atoms with Crippen molar-refractivity contribution in [3.8, 4) is 5.75 Å². The third kappa shape index (κ3) is 9.56. The van der Waals surface area contributed by atoms with Crippen molar-refractivity contribution in [2.45, 2.75) is 67.7 Å². The maximum Gasteiger partial charge on any atom is 0.0184 e. The van der Waals surface area contributed by atoms with Crippen LogP contribution in [0, 0.1) is 48.2 Å². The number of benzene rings is 3. The van der Waals surface area contributed by atoms with E-state index >= 15 is 0 Å². The molecule has 11 heteroatoms. The molecule has 0 radical (unpaired) electrons. The van der Waals surface area contributed by atoms with Crippen molar-refractivity contribution >= 4 is 47.0 Å². The first-order valence-corrected chi connectivity index (χ1v) is 19.2. The van der Waals surface area contributed by atoms with E-state index in [9.17, 15) is 18.0 Å². The van der Waals surface area contributed by atoms with Gasteiger partial charge < -0.3 is 9.80 Å². The first-order chi connectivity index (χ1) is 20.5. The topological polar surface area (TPSA) is 44.8 Å². The Kier molecular flexibility index (Phi) is 12.1. The molecular formula is C33H37Cl2F3N3O2Ru-. The minimum atomic E-state index is -4.95. The van der Waals surface area contributed by atoms with Crippen LogP contribution in [0.2, 0.25) is 0 Å². The van der Waals surface area contributed by atoms with Crippen molar-refractivity contribution in [3.63, 3.8) is 0 Å². The minimum absolute atomic E-state index is 0.0107. The molecule has 0 atom stereocenters. The molecule has 1 heterocycles.